The molecule has 79 heavy (non-hydrogen) atoms. The van der Waals surface area contributed by atoms with E-state index >= 15 is 0 Å². The molecule has 18 nitrogen and oxygen atoms in total. The number of piperidine rings is 1. The van der Waals surface area contributed by atoms with Crippen LogP contribution in [0.15, 0.2) is 59.7 Å². The van der Waals surface area contributed by atoms with Crippen molar-refractivity contribution < 1.29 is 32.8 Å². The van der Waals surface area contributed by atoms with Gasteiger partial charge < -0.3 is 41.3 Å². The molecule has 5 aliphatic heterocycles. The van der Waals surface area contributed by atoms with Gasteiger partial charge in [0.05, 0.1) is 47.6 Å². The summed E-state index contributed by atoms with van der Waals surface area (Å²) in [7, 11) is 3.39. The lowest BCUT2D eigenvalue weighted by Crippen LogP contribution is -2.58. The highest BCUT2D eigenvalue weighted by atomic mass is 32.2. The minimum atomic E-state index is -0.674. The van der Waals surface area contributed by atoms with Crippen molar-refractivity contribution in [2.24, 2.45) is 10.9 Å². The Bertz CT molecular complexity index is 2960. The van der Waals surface area contributed by atoms with Crippen LogP contribution >= 0.6 is 11.8 Å². The highest BCUT2D eigenvalue weighted by Gasteiger charge is 2.43. The zero-order valence-corrected chi connectivity index (χ0v) is 46.3. The second-order valence-electron chi connectivity index (χ2n) is 21.6. The molecule has 5 N–H and O–H groups in total. The second kappa shape index (κ2) is 26.0. The number of pyridine rings is 1. The van der Waals surface area contributed by atoms with E-state index in [9.17, 15) is 38.0 Å². The number of benzene rings is 2. The number of nitrogens with one attached hydrogen (secondary N) is 3. The number of Topliss-reactive ketones (excluding diaryl/α,β-unsaturated/α-hetero) is 1. The number of aromatic nitrogens is 3. The summed E-state index contributed by atoms with van der Waals surface area (Å²) in [6, 6.07) is 11.7. The second-order valence-corrected chi connectivity index (χ2v) is 22.7. The largest absolute Gasteiger partial charge is 0.382 e. The van der Waals surface area contributed by atoms with Crippen LogP contribution in [0.5, 0.6) is 0 Å². The number of unbranched alkanes of at least 4 members (excludes halogenated alkanes) is 5. The lowest BCUT2D eigenvalue weighted by Gasteiger charge is -2.38. The van der Waals surface area contributed by atoms with Gasteiger partial charge in [-0.2, -0.15) is 10.4 Å². The van der Waals surface area contributed by atoms with E-state index in [1.54, 1.807) is 31.9 Å². The number of rotatable bonds is 20. The number of likely N-dealkylation sites (tertiary alicyclic amines) is 2. The van der Waals surface area contributed by atoms with Gasteiger partial charge in [-0.05, 0) is 145 Å². The first kappa shape index (κ1) is 56.9. The van der Waals surface area contributed by atoms with Crippen LogP contribution in [-0.4, -0.2) is 147 Å². The molecule has 2 aromatic heterocycles. The van der Waals surface area contributed by atoms with Crippen molar-refractivity contribution in [3.63, 3.8) is 0 Å². The predicted molar refractivity (Wildman–Crippen MR) is 300 cm³/mol. The van der Waals surface area contributed by atoms with Crippen LogP contribution in [0.25, 0.3) is 11.1 Å². The van der Waals surface area contributed by atoms with Crippen LogP contribution < -0.4 is 26.6 Å². The van der Waals surface area contributed by atoms with Crippen LogP contribution in [0, 0.1) is 28.9 Å². The molecule has 1 unspecified atom stereocenters. The number of nitrogens with zero attached hydrogens (tertiary/aromatic N) is 9. The van der Waals surface area contributed by atoms with E-state index in [-0.39, 0.29) is 72.7 Å². The van der Waals surface area contributed by atoms with Gasteiger partial charge in [-0.3, -0.25) is 33.6 Å². The zero-order chi connectivity index (χ0) is 55.7. The molecule has 9 rings (SSSR count). The molecule has 0 saturated carbocycles. The van der Waals surface area contributed by atoms with Gasteiger partial charge in [-0.25, -0.2) is 13.8 Å². The fourth-order valence-corrected chi connectivity index (χ4v) is 13.1. The number of aliphatic imine (C=N–C) groups is 1. The molecule has 0 radical (unpaired) electrons. The summed E-state index contributed by atoms with van der Waals surface area (Å²) >= 11 is 1.50. The number of nitrogen functional groups attached to an aromatic ring is 1. The number of nitrogens with two attached hydrogens (primary N) is 1. The molecular weight excluding hydrogens is 1030 g/mol. The molecule has 4 aromatic rings. The van der Waals surface area contributed by atoms with E-state index in [1.165, 1.54) is 59.1 Å². The summed E-state index contributed by atoms with van der Waals surface area (Å²) in [6.07, 6.45) is 12.5. The van der Waals surface area contributed by atoms with Gasteiger partial charge in [0.2, 0.25) is 17.7 Å². The molecule has 2 bridgehead atoms. The van der Waals surface area contributed by atoms with E-state index in [0.29, 0.717) is 76.7 Å². The van der Waals surface area contributed by atoms with Crippen LogP contribution in [-0.2, 0) is 27.5 Å². The van der Waals surface area contributed by atoms with Crippen LogP contribution in [0.1, 0.15) is 134 Å². The molecule has 7 heterocycles. The SMILES string of the molecule is CN[C@H](C)C(=O)N[C@@H](C(=O)N1CCC[C@@H]1C1=NC(C(=O)c2ccc(F)cc2)CS1)C1CCN(CCCCCCCCC(=O)NCCn2nc3c(c2C#N)-c2cnc(N)c(c2)N2CCC[C@@H]2c2cc(F)ccc2C(=O)N(C)C3)CC1. The third-order valence-corrected chi connectivity index (χ3v) is 17.6. The van der Waals surface area contributed by atoms with Gasteiger partial charge in [0, 0.05) is 67.3 Å². The van der Waals surface area contributed by atoms with Crippen molar-refractivity contribution in [3.8, 4) is 17.2 Å². The highest BCUT2D eigenvalue weighted by molar-refractivity contribution is 8.14. The number of ketones is 1. The summed E-state index contributed by atoms with van der Waals surface area (Å²) in [4.78, 5) is 85.3. The van der Waals surface area contributed by atoms with Gasteiger partial charge in [0.25, 0.3) is 5.91 Å². The highest BCUT2D eigenvalue weighted by Crippen LogP contribution is 2.43. The zero-order valence-electron chi connectivity index (χ0n) is 45.5. The van der Waals surface area contributed by atoms with E-state index < -0.39 is 29.8 Å². The summed E-state index contributed by atoms with van der Waals surface area (Å²) in [5.41, 5.74) is 10.5. The van der Waals surface area contributed by atoms with Gasteiger partial charge >= 0.3 is 0 Å². The van der Waals surface area contributed by atoms with Crippen LogP contribution in [0.2, 0.25) is 0 Å². The van der Waals surface area contributed by atoms with Gasteiger partial charge in [-0.1, -0.05) is 25.7 Å². The van der Waals surface area contributed by atoms with Crippen molar-refractivity contribution in [2.45, 2.75) is 134 Å². The Morgan fingerprint density at radius 1 is 0.899 bits per heavy atom. The summed E-state index contributed by atoms with van der Waals surface area (Å²) in [5, 5.41) is 25.3. The summed E-state index contributed by atoms with van der Waals surface area (Å²) in [6.45, 7) is 6.14. The topological polar surface area (TPSA) is 227 Å². The van der Waals surface area contributed by atoms with Crippen LogP contribution in [0.4, 0.5) is 20.3 Å². The molecule has 2 aromatic carbocycles. The molecule has 0 aliphatic carbocycles. The molecular formula is C58H73F2N13O5S. The lowest BCUT2D eigenvalue weighted by atomic mass is 9.88. The minimum Gasteiger partial charge on any atom is -0.382 e. The quantitative estimate of drug-likeness (QED) is 0.0538. The van der Waals surface area contributed by atoms with Crippen molar-refractivity contribution >= 4 is 57.7 Å². The number of anilines is 2. The number of carbonyl (C=O) groups excluding carboxylic acids is 5. The monoisotopic (exact) mass is 1100 g/mol. The summed E-state index contributed by atoms with van der Waals surface area (Å²) in [5.74, 6) is -0.945. The molecule has 3 fully saturated rings. The Morgan fingerprint density at radius 3 is 2.38 bits per heavy atom. The Labute approximate surface area is 465 Å². The molecule has 420 valence electrons. The van der Waals surface area contributed by atoms with Crippen molar-refractivity contribution in [1.29, 1.82) is 5.26 Å². The molecule has 0 spiro atoms. The van der Waals surface area contributed by atoms with E-state index in [0.717, 1.165) is 95.3 Å². The number of thioether (sulfide) groups is 1. The average molecular weight is 1100 g/mol. The molecule has 5 atom stereocenters. The van der Waals surface area contributed by atoms with Gasteiger partial charge in [0.15, 0.2) is 5.78 Å². The fraction of sp³-hybridized carbons (Fsp3) is 0.534. The Morgan fingerprint density at radius 2 is 1.62 bits per heavy atom. The first-order chi connectivity index (χ1) is 38.2. The van der Waals surface area contributed by atoms with E-state index in [2.05, 4.69) is 36.8 Å². The average Bonchev–Trinajstić information content (AvgIpc) is 4.36. The number of likely N-dealkylation sites (N-methyl/N-ethyl adjacent to an activating group) is 1. The van der Waals surface area contributed by atoms with E-state index in [1.807, 2.05) is 11.0 Å². The smallest absolute Gasteiger partial charge is 0.254 e. The maximum Gasteiger partial charge on any atom is 0.254 e. The number of carbonyl (C=O) groups is 5. The first-order valence-corrected chi connectivity index (χ1v) is 29.1. The van der Waals surface area contributed by atoms with Crippen molar-refractivity contribution in [2.75, 3.05) is 69.8 Å². The normalized spacial score (nSPS) is 20.3. The third-order valence-electron chi connectivity index (χ3n) is 16.4. The first-order valence-electron chi connectivity index (χ1n) is 28.1. The Kier molecular flexibility index (Phi) is 18.7. The number of fused-ring (bicyclic) bond motifs is 8. The molecule has 5 aliphatic rings. The summed E-state index contributed by atoms with van der Waals surface area (Å²) < 4.78 is 29.9. The van der Waals surface area contributed by atoms with Crippen LogP contribution in [0.3, 0.4) is 0 Å². The molecule has 4 amide bonds. The number of halogens is 2. The number of hydrogen-bond donors (Lipinski definition) is 4. The predicted octanol–water partition coefficient (Wildman–Crippen LogP) is 6.64. The number of nitriles is 1. The fourth-order valence-electron chi connectivity index (χ4n) is 11.9. The van der Waals surface area contributed by atoms with Gasteiger partial charge in [0.1, 0.15) is 41.3 Å². The lowest BCUT2D eigenvalue weighted by molar-refractivity contribution is -0.138. The number of amides is 4. The minimum absolute atomic E-state index is 0.0268. The molecule has 21 heteroatoms. The maximum atomic E-state index is 14.7. The van der Waals surface area contributed by atoms with Crippen molar-refractivity contribution in [3.05, 3.63) is 94.4 Å². The Hall–Kier alpha value is -6.76. The van der Waals surface area contributed by atoms with E-state index in [4.69, 9.17) is 15.8 Å². The van der Waals surface area contributed by atoms with Gasteiger partial charge in [-0.15, -0.1) is 11.8 Å². The maximum absolute atomic E-state index is 14.7. The number of hydrogen-bond acceptors (Lipinski definition) is 14. The Balaban J connectivity index is 0.711. The molecule has 3 saturated heterocycles. The standard InChI is InChI=1S/C58H73F2N13O5S/c1-36(63-2)55(76)67-52(58(78)72-26-11-13-47(72)56-66-45(35-79-56)53(75)38-15-17-40(59)18-16-38)37-21-27-70(28-22-37)24-9-7-5-4-6-8-14-50(74)64-23-29-73-49(32-61)51-39-30-48(54(62)65-33-39)71-25-10-12-46(71)43-31-41(60)19-20-42(43)57(77)69(3)34-44(51)68-73/h15-20,30-31,33,36-37,45-47,52,63H,4-14,21-29,34-35H2,1-3H3,(H2,62,65)(H,64,74)(H,67,76)/t36-,45?,46-,47-,52-/m1/s1. The van der Waals surface area contributed by atoms with Crippen molar-refractivity contribution in [1.82, 2.24) is 45.4 Å². The third kappa shape index (κ3) is 13.1.